The lowest BCUT2D eigenvalue weighted by atomic mass is 9.99. The van der Waals surface area contributed by atoms with E-state index in [4.69, 9.17) is 17.2 Å². The summed E-state index contributed by atoms with van der Waals surface area (Å²) in [5, 5.41) is 17.3. The topological polar surface area (TPSA) is 215 Å². The lowest BCUT2D eigenvalue weighted by Crippen LogP contribution is -2.58. The molecule has 0 fully saturated rings. The van der Waals surface area contributed by atoms with E-state index in [2.05, 4.69) is 20.9 Å². The van der Waals surface area contributed by atoms with Crippen molar-refractivity contribution in [1.82, 2.24) is 16.0 Å². The van der Waals surface area contributed by atoms with Crippen LogP contribution in [-0.2, 0) is 19.2 Å². The molecule has 12 nitrogen and oxygen atoms in total. The molecule has 0 bridgehead atoms. The number of carbonyl (C=O) groups excluding carboxylic acids is 3. The highest BCUT2D eigenvalue weighted by atomic mass is 32.2. The van der Waals surface area contributed by atoms with Gasteiger partial charge in [0.25, 0.3) is 0 Å². The smallest absolute Gasteiger partial charge is 0.326 e. The Balaban J connectivity index is 5.61. The summed E-state index contributed by atoms with van der Waals surface area (Å²) >= 11 is 1.51. The van der Waals surface area contributed by atoms with Crippen molar-refractivity contribution in [1.29, 1.82) is 0 Å². The highest BCUT2D eigenvalue weighted by molar-refractivity contribution is 7.98. The van der Waals surface area contributed by atoms with Crippen LogP contribution in [0.4, 0.5) is 0 Å². The first-order chi connectivity index (χ1) is 16.3. The van der Waals surface area contributed by atoms with Crippen LogP contribution in [0.5, 0.6) is 0 Å². The summed E-state index contributed by atoms with van der Waals surface area (Å²) in [6, 6.07) is -3.85. The number of thioether (sulfide) groups is 1. The second-order valence-electron chi connectivity index (χ2n) is 8.83. The Morgan fingerprint density at radius 2 is 1.49 bits per heavy atom. The number of nitrogens with one attached hydrogen (secondary N) is 3. The van der Waals surface area contributed by atoms with E-state index in [0.717, 1.165) is 0 Å². The number of guanidine groups is 1. The molecule has 0 saturated heterocycles. The molecule has 0 aromatic heterocycles. The van der Waals surface area contributed by atoms with Crippen LogP contribution in [0.15, 0.2) is 4.99 Å². The Bertz CT molecular complexity index is 731. The van der Waals surface area contributed by atoms with Gasteiger partial charge >= 0.3 is 5.97 Å². The van der Waals surface area contributed by atoms with E-state index in [9.17, 15) is 24.3 Å². The molecule has 0 aromatic carbocycles. The van der Waals surface area contributed by atoms with Crippen LogP contribution >= 0.6 is 11.8 Å². The third-order valence-electron chi connectivity index (χ3n) is 5.61. The van der Waals surface area contributed by atoms with Gasteiger partial charge < -0.3 is 38.3 Å². The normalized spacial score (nSPS) is 15.3. The summed E-state index contributed by atoms with van der Waals surface area (Å²) in [6.45, 7) is 7.33. The molecule has 0 aromatic rings. The summed E-state index contributed by atoms with van der Waals surface area (Å²) in [5.41, 5.74) is 16.7. The minimum absolute atomic E-state index is 0.0719. The molecule has 35 heavy (non-hydrogen) atoms. The predicted octanol–water partition coefficient (Wildman–Crippen LogP) is -0.638. The second kappa shape index (κ2) is 17.0. The Labute approximate surface area is 212 Å². The Kier molecular flexibility index (Phi) is 15.7. The molecular formula is C22H43N7O5S. The second-order valence-corrected chi connectivity index (χ2v) is 9.82. The summed E-state index contributed by atoms with van der Waals surface area (Å²) in [6.07, 6.45) is 3.43. The molecule has 0 heterocycles. The molecule has 5 unspecified atom stereocenters. The van der Waals surface area contributed by atoms with E-state index in [1.165, 1.54) is 11.8 Å². The summed E-state index contributed by atoms with van der Waals surface area (Å²) in [5.74, 6) is -2.77. The summed E-state index contributed by atoms with van der Waals surface area (Å²) in [4.78, 5) is 54.1. The average Bonchev–Trinajstić information content (AvgIpc) is 2.79. The minimum atomic E-state index is -1.18. The van der Waals surface area contributed by atoms with Crippen LogP contribution in [0.3, 0.4) is 0 Å². The molecule has 0 aliphatic carbocycles. The van der Waals surface area contributed by atoms with Crippen molar-refractivity contribution in [3.8, 4) is 0 Å². The predicted molar refractivity (Wildman–Crippen MR) is 139 cm³/mol. The molecule has 202 valence electrons. The highest BCUT2D eigenvalue weighted by Gasteiger charge is 2.31. The summed E-state index contributed by atoms with van der Waals surface area (Å²) in [7, 11) is 0. The number of nitrogens with zero attached hydrogens (tertiary/aromatic N) is 1. The monoisotopic (exact) mass is 517 g/mol. The minimum Gasteiger partial charge on any atom is -0.480 e. The summed E-state index contributed by atoms with van der Waals surface area (Å²) < 4.78 is 0. The van der Waals surface area contributed by atoms with Gasteiger partial charge in [-0.3, -0.25) is 19.4 Å². The fourth-order valence-electron chi connectivity index (χ4n) is 3.10. The fraction of sp³-hybridized carbons (Fsp3) is 0.773. The van der Waals surface area contributed by atoms with Crippen LogP contribution in [0.2, 0.25) is 0 Å². The maximum Gasteiger partial charge on any atom is 0.326 e. The number of hydrogen-bond acceptors (Lipinski definition) is 7. The fourth-order valence-corrected chi connectivity index (χ4v) is 3.57. The zero-order valence-electron chi connectivity index (χ0n) is 21.4. The van der Waals surface area contributed by atoms with E-state index < -0.39 is 47.9 Å². The van der Waals surface area contributed by atoms with E-state index in [-0.39, 0.29) is 30.8 Å². The van der Waals surface area contributed by atoms with E-state index in [0.29, 0.717) is 25.0 Å². The lowest BCUT2D eigenvalue weighted by molar-refractivity contribution is -0.143. The van der Waals surface area contributed by atoms with Crippen molar-refractivity contribution < 1.29 is 24.3 Å². The van der Waals surface area contributed by atoms with Crippen molar-refractivity contribution in [2.75, 3.05) is 18.6 Å². The number of aliphatic carboxylic acids is 1. The molecule has 3 amide bonds. The number of carboxylic acid groups (broad SMARTS) is 1. The molecule has 0 radical (unpaired) electrons. The van der Waals surface area contributed by atoms with Gasteiger partial charge in [0.05, 0.1) is 6.04 Å². The Hall–Kier alpha value is -2.54. The van der Waals surface area contributed by atoms with Gasteiger partial charge in [0.2, 0.25) is 17.7 Å². The molecule has 0 aliphatic rings. The van der Waals surface area contributed by atoms with Crippen LogP contribution in [0, 0.1) is 11.8 Å². The van der Waals surface area contributed by atoms with Gasteiger partial charge in [0.15, 0.2) is 5.96 Å². The molecule has 0 aliphatic heterocycles. The van der Waals surface area contributed by atoms with Crippen LogP contribution < -0.4 is 33.2 Å². The molecule has 0 rings (SSSR count). The maximum atomic E-state index is 13.1. The van der Waals surface area contributed by atoms with Crippen molar-refractivity contribution in [2.24, 2.45) is 34.0 Å². The number of aliphatic imine (C=N–C) groups is 1. The SMILES string of the molecule is CCC(C)C(N)C(=O)NC(CCSC)C(=O)NC(CCCN=C(N)N)C(=O)NC(C(=O)O)C(C)C. The van der Waals surface area contributed by atoms with Crippen molar-refractivity contribution in [2.45, 2.75) is 77.5 Å². The molecule has 13 heteroatoms. The van der Waals surface area contributed by atoms with Crippen LogP contribution in [-0.4, -0.2) is 77.5 Å². The standard InChI is InChI=1S/C22H43N7O5S/c1-6-13(4)16(23)20(32)28-15(9-11-35-5)18(30)27-14(8-7-10-26-22(24)25)19(31)29-17(12(2)3)21(33)34/h12-17H,6-11,23H2,1-5H3,(H,27,30)(H,28,32)(H,29,31)(H,33,34)(H4,24,25,26). The first-order valence-electron chi connectivity index (χ1n) is 11.8. The first-order valence-corrected chi connectivity index (χ1v) is 13.2. The lowest BCUT2D eigenvalue weighted by Gasteiger charge is -2.26. The number of amides is 3. The first kappa shape index (κ1) is 32.5. The highest BCUT2D eigenvalue weighted by Crippen LogP contribution is 2.09. The number of carbonyl (C=O) groups is 4. The Morgan fingerprint density at radius 3 is 1.97 bits per heavy atom. The zero-order chi connectivity index (χ0) is 27.1. The molecule has 10 N–H and O–H groups in total. The molecule has 0 saturated carbocycles. The average molecular weight is 518 g/mol. The molecular weight excluding hydrogens is 474 g/mol. The number of nitrogens with two attached hydrogens (primary N) is 3. The number of hydrogen-bond donors (Lipinski definition) is 7. The zero-order valence-corrected chi connectivity index (χ0v) is 22.2. The van der Waals surface area contributed by atoms with Crippen molar-refractivity contribution >= 4 is 41.4 Å². The molecule has 5 atom stereocenters. The van der Waals surface area contributed by atoms with Crippen molar-refractivity contribution in [3.05, 3.63) is 0 Å². The van der Waals surface area contributed by atoms with Gasteiger partial charge in [0.1, 0.15) is 18.1 Å². The third kappa shape index (κ3) is 12.6. The third-order valence-corrected chi connectivity index (χ3v) is 6.26. The van der Waals surface area contributed by atoms with Crippen molar-refractivity contribution in [3.63, 3.8) is 0 Å². The van der Waals surface area contributed by atoms with Gasteiger partial charge in [-0.1, -0.05) is 34.1 Å². The van der Waals surface area contributed by atoms with Crippen LogP contribution in [0.1, 0.15) is 53.4 Å². The van der Waals surface area contributed by atoms with E-state index in [1.54, 1.807) is 13.8 Å². The van der Waals surface area contributed by atoms with E-state index >= 15 is 0 Å². The van der Waals surface area contributed by atoms with Gasteiger partial charge in [-0.2, -0.15) is 11.8 Å². The largest absolute Gasteiger partial charge is 0.480 e. The van der Waals surface area contributed by atoms with Gasteiger partial charge in [0, 0.05) is 6.54 Å². The number of rotatable bonds is 17. The van der Waals surface area contributed by atoms with Crippen LogP contribution in [0.25, 0.3) is 0 Å². The maximum absolute atomic E-state index is 13.1. The van der Waals surface area contributed by atoms with Gasteiger partial charge in [-0.15, -0.1) is 0 Å². The van der Waals surface area contributed by atoms with Gasteiger partial charge in [-0.05, 0) is 43.1 Å². The quantitative estimate of drug-likeness (QED) is 0.0740. The number of carboxylic acids is 1. The van der Waals surface area contributed by atoms with E-state index in [1.807, 2.05) is 20.1 Å². The molecule has 0 spiro atoms. The van der Waals surface area contributed by atoms with Gasteiger partial charge in [-0.25, -0.2) is 4.79 Å². The Morgan fingerprint density at radius 1 is 0.943 bits per heavy atom.